The van der Waals surface area contributed by atoms with Crippen molar-refractivity contribution < 1.29 is 9.53 Å². The molecule has 18 heavy (non-hydrogen) atoms. The third kappa shape index (κ3) is 3.23. The van der Waals surface area contributed by atoms with Gasteiger partial charge in [-0.3, -0.25) is 4.79 Å². The standard InChI is InChI=1S/C14H20N2O2/c1-16(13(9-15)11-7-8-11)14(17)10-18-12-5-3-2-4-6-12/h2-6,11,13H,7-10,15H2,1H3. The van der Waals surface area contributed by atoms with Gasteiger partial charge in [-0.25, -0.2) is 0 Å². The third-order valence-electron chi connectivity index (χ3n) is 3.40. The number of hydrogen-bond acceptors (Lipinski definition) is 3. The van der Waals surface area contributed by atoms with E-state index in [9.17, 15) is 4.79 Å². The number of nitrogens with zero attached hydrogens (tertiary/aromatic N) is 1. The fourth-order valence-electron chi connectivity index (χ4n) is 2.10. The van der Waals surface area contributed by atoms with Crippen LogP contribution in [0.3, 0.4) is 0 Å². The average molecular weight is 248 g/mol. The van der Waals surface area contributed by atoms with E-state index in [0.29, 0.717) is 12.5 Å². The van der Waals surface area contributed by atoms with Gasteiger partial charge >= 0.3 is 0 Å². The van der Waals surface area contributed by atoms with E-state index < -0.39 is 0 Å². The lowest BCUT2D eigenvalue weighted by Crippen LogP contribution is -2.45. The van der Waals surface area contributed by atoms with Gasteiger partial charge < -0.3 is 15.4 Å². The van der Waals surface area contributed by atoms with E-state index in [1.54, 1.807) is 4.90 Å². The second-order valence-electron chi connectivity index (χ2n) is 4.75. The Morgan fingerprint density at radius 1 is 1.44 bits per heavy atom. The van der Waals surface area contributed by atoms with Crippen molar-refractivity contribution in [3.05, 3.63) is 30.3 Å². The number of rotatable bonds is 6. The maximum Gasteiger partial charge on any atom is 0.260 e. The Kier molecular flexibility index (Phi) is 4.20. The van der Waals surface area contributed by atoms with Gasteiger partial charge in [0.05, 0.1) is 0 Å². The quantitative estimate of drug-likeness (QED) is 0.824. The molecule has 0 radical (unpaired) electrons. The number of para-hydroxylation sites is 1. The van der Waals surface area contributed by atoms with E-state index in [2.05, 4.69) is 0 Å². The molecule has 1 atom stereocenters. The maximum absolute atomic E-state index is 12.0. The van der Waals surface area contributed by atoms with Crippen molar-refractivity contribution in [2.75, 3.05) is 20.2 Å². The molecule has 0 aromatic heterocycles. The number of carbonyl (C=O) groups excluding carboxylic acids is 1. The molecule has 1 unspecified atom stereocenters. The van der Waals surface area contributed by atoms with E-state index >= 15 is 0 Å². The molecule has 98 valence electrons. The fraction of sp³-hybridized carbons (Fsp3) is 0.500. The molecule has 0 saturated heterocycles. The molecule has 1 aromatic rings. The minimum absolute atomic E-state index is 0.0128. The molecule has 1 saturated carbocycles. The summed E-state index contributed by atoms with van der Waals surface area (Å²) in [5, 5.41) is 0. The predicted molar refractivity (Wildman–Crippen MR) is 70.3 cm³/mol. The lowest BCUT2D eigenvalue weighted by atomic mass is 10.1. The zero-order valence-corrected chi connectivity index (χ0v) is 10.7. The highest BCUT2D eigenvalue weighted by Crippen LogP contribution is 2.34. The van der Waals surface area contributed by atoms with Crippen LogP contribution in [0.15, 0.2) is 30.3 Å². The van der Waals surface area contributed by atoms with Crippen molar-refractivity contribution in [1.82, 2.24) is 4.90 Å². The molecule has 1 aliphatic carbocycles. The largest absolute Gasteiger partial charge is 0.484 e. The van der Waals surface area contributed by atoms with Crippen LogP contribution in [-0.2, 0) is 4.79 Å². The van der Waals surface area contributed by atoms with Crippen LogP contribution in [0.25, 0.3) is 0 Å². The molecule has 4 nitrogen and oxygen atoms in total. The van der Waals surface area contributed by atoms with Crippen molar-refractivity contribution in [2.24, 2.45) is 11.7 Å². The Bertz CT molecular complexity index is 390. The number of amides is 1. The lowest BCUT2D eigenvalue weighted by molar-refractivity contribution is -0.134. The van der Waals surface area contributed by atoms with Gasteiger partial charge in [0.2, 0.25) is 0 Å². The summed E-state index contributed by atoms with van der Waals surface area (Å²) in [7, 11) is 1.81. The Labute approximate surface area is 108 Å². The van der Waals surface area contributed by atoms with E-state index in [0.717, 1.165) is 5.75 Å². The van der Waals surface area contributed by atoms with Gasteiger partial charge in [-0.1, -0.05) is 18.2 Å². The average Bonchev–Trinajstić information content (AvgIpc) is 3.22. The Hall–Kier alpha value is -1.55. The fourth-order valence-corrected chi connectivity index (χ4v) is 2.10. The highest BCUT2D eigenvalue weighted by atomic mass is 16.5. The highest BCUT2D eigenvalue weighted by Gasteiger charge is 2.34. The van der Waals surface area contributed by atoms with Crippen LogP contribution < -0.4 is 10.5 Å². The van der Waals surface area contributed by atoms with Crippen LogP contribution in [0.5, 0.6) is 5.75 Å². The smallest absolute Gasteiger partial charge is 0.260 e. The van der Waals surface area contributed by atoms with Gasteiger partial charge in [-0.2, -0.15) is 0 Å². The summed E-state index contributed by atoms with van der Waals surface area (Å²) in [5.74, 6) is 1.29. The number of benzene rings is 1. The molecule has 0 heterocycles. The summed E-state index contributed by atoms with van der Waals surface area (Å²) in [6.45, 7) is 0.599. The van der Waals surface area contributed by atoms with Crippen LogP contribution in [0, 0.1) is 5.92 Å². The number of likely N-dealkylation sites (N-methyl/N-ethyl adjacent to an activating group) is 1. The van der Waals surface area contributed by atoms with E-state index in [1.807, 2.05) is 37.4 Å². The molecular weight excluding hydrogens is 228 g/mol. The SMILES string of the molecule is CN(C(=O)COc1ccccc1)C(CN)C1CC1. The molecule has 0 spiro atoms. The number of hydrogen-bond donors (Lipinski definition) is 1. The van der Waals surface area contributed by atoms with Crippen LogP contribution in [0.2, 0.25) is 0 Å². The number of carbonyl (C=O) groups is 1. The van der Waals surface area contributed by atoms with E-state index in [1.165, 1.54) is 12.8 Å². The van der Waals surface area contributed by atoms with Gasteiger partial charge in [-0.15, -0.1) is 0 Å². The summed E-state index contributed by atoms with van der Waals surface area (Å²) in [6.07, 6.45) is 2.36. The summed E-state index contributed by atoms with van der Waals surface area (Å²) >= 11 is 0. The predicted octanol–water partition coefficient (Wildman–Crippen LogP) is 1.26. The lowest BCUT2D eigenvalue weighted by Gasteiger charge is -2.27. The minimum atomic E-state index is -0.0128. The van der Waals surface area contributed by atoms with Gasteiger partial charge in [0.25, 0.3) is 5.91 Å². The first-order chi connectivity index (χ1) is 8.72. The molecule has 0 bridgehead atoms. The molecular formula is C14H20N2O2. The number of ether oxygens (including phenoxy) is 1. The monoisotopic (exact) mass is 248 g/mol. The zero-order chi connectivity index (χ0) is 13.0. The molecule has 2 N–H and O–H groups in total. The van der Waals surface area contributed by atoms with Gasteiger partial charge in [-0.05, 0) is 30.9 Å². The Balaban J connectivity index is 1.83. The third-order valence-corrected chi connectivity index (χ3v) is 3.40. The Morgan fingerprint density at radius 3 is 2.67 bits per heavy atom. The van der Waals surface area contributed by atoms with Gasteiger partial charge in [0.1, 0.15) is 5.75 Å². The van der Waals surface area contributed by atoms with Crippen LogP contribution >= 0.6 is 0 Å². The minimum Gasteiger partial charge on any atom is -0.484 e. The summed E-state index contributed by atoms with van der Waals surface area (Å²) in [6, 6.07) is 9.53. The highest BCUT2D eigenvalue weighted by molar-refractivity contribution is 5.77. The molecule has 0 aliphatic heterocycles. The van der Waals surface area contributed by atoms with Crippen LogP contribution in [-0.4, -0.2) is 37.0 Å². The first-order valence-electron chi connectivity index (χ1n) is 6.36. The molecule has 1 aromatic carbocycles. The molecule has 4 heteroatoms. The Morgan fingerprint density at radius 2 is 2.11 bits per heavy atom. The summed E-state index contributed by atoms with van der Waals surface area (Å²) in [4.78, 5) is 13.7. The summed E-state index contributed by atoms with van der Waals surface area (Å²) < 4.78 is 5.45. The van der Waals surface area contributed by atoms with Gasteiger partial charge in [0.15, 0.2) is 6.61 Å². The van der Waals surface area contributed by atoms with Crippen molar-refractivity contribution in [3.8, 4) is 5.75 Å². The first-order valence-corrected chi connectivity index (χ1v) is 6.36. The topological polar surface area (TPSA) is 55.6 Å². The van der Waals surface area contributed by atoms with Crippen LogP contribution in [0.1, 0.15) is 12.8 Å². The second kappa shape index (κ2) is 5.87. The van der Waals surface area contributed by atoms with Crippen molar-refractivity contribution >= 4 is 5.91 Å². The first kappa shape index (κ1) is 12.9. The van der Waals surface area contributed by atoms with Crippen LogP contribution in [0.4, 0.5) is 0 Å². The molecule has 2 rings (SSSR count). The maximum atomic E-state index is 12.0. The van der Waals surface area contributed by atoms with Crippen molar-refractivity contribution in [3.63, 3.8) is 0 Å². The van der Waals surface area contributed by atoms with Crippen molar-refractivity contribution in [1.29, 1.82) is 0 Å². The summed E-state index contributed by atoms with van der Waals surface area (Å²) in [5.41, 5.74) is 5.72. The number of nitrogens with two attached hydrogens (primary N) is 1. The normalized spacial score (nSPS) is 16.1. The zero-order valence-electron chi connectivity index (χ0n) is 10.7. The molecule has 1 aliphatic rings. The van der Waals surface area contributed by atoms with Gasteiger partial charge in [0, 0.05) is 19.6 Å². The second-order valence-corrected chi connectivity index (χ2v) is 4.75. The van der Waals surface area contributed by atoms with E-state index in [-0.39, 0.29) is 18.6 Å². The molecule has 1 fully saturated rings. The molecule has 1 amide bonds. The van der Waals surface area contributed by atoms with Crippen molar-refractivity contribution in [2.45, 2.75) is 18.9 Å². The van der Waals surface area contributed by atoms with E-state index in [4.69, 9.17) is 10.5 Å².